The molecular formula is C10H15N3O2S. The molecule has 16 heavy (non-hydrogen) atoms. The van der Waals surface area contributed by atoms with Crippen LogP contribution in [-0.4, -0.2) is 28.1 Å². The largest absolute Gasteiger partial charge is 0.370 e. The van der Waals surface area contributed by atoms with E-state index in [-0.39, 0.29) is 4.90 Å². The fraction of sp³-hybridized carbons (Fsp3) is 0.400. The molecule has 5 nitrogen and oxygen atoms in total. The van der Waals surface area contributed by atoms with Gasteiger partial charge in [-0.1, -0.05) is 12.1 Å². The first-order valence-electron chi connectivity index (χ1n) is 5.09. The fourth-order valence-electron chi connectivity index (χ4n) is 1.87. The lowest BCUT2D eigenvalue weighted by Gasteiger charge is -2.41. The van der Waals surface area contributed by atoms with Crippen LogP contribution in [0.5, 0.6) is 0 Å². The zero-order valence-corrected chi connectivity index (χ0v) is 9.65. The van der Waals surface area contributed by atoms with Crippen molar-refractivity contribution in [3.05, 3.63) is 24.3 Å². The standard InChI is InChI=1S/C10H15N3O2S/c11-5-8-6-13(7-8)9-3-1-2-4-10(9)16(12,14)15/h1-4,8H,5-7,11H2,(H2,12,14,15). The summed E-state index contributed by atoms with van der Waals surface area (Å²) in [6, 6.07) is 6.77. The molecule has 0 amide bonds. The Morgan fingerprint density at radius 3 is 2.50 bits per heavy atom. The van der Waals surface area contributed by atoms with E-state index >= 15 is 0 Å². The number of rotatable bonds is 3. The highest BCUT2D eigenvalue weighted by molar-refractivity contribution is 7.89. The summed E-state index contributed by atoms with van der Waals surface area (Å²) in [5, 5.41) is 5.16. The molecule has 0 aromatic heterocycles. The molecule has 0 spiro atoms. The molecule has 1 aliphatic heterocycles. The fourth-order valence-corrected chi connectivity index (χ4v) is 2.63. The van der Waals surface area contributed by atoms with Crippen LogP contribution in [0.4, 0.5) is 5.69 Å². The number of primary sulfonamides is 1. The maximum absolute atomic E-state index is 11.4. The molecule has 1 fully saturated rings. The summed E-state index contributed by atoms with van der Waals surface area (Å²) in [5.41, 5.74) is 6.20. The smallest absolute Gasteiger partial charge is 0.240 e. The van der Waals surface area contributed by atoms with Crippen LogP contribution in [0.1, 0.15) is 0 Å². The van der Waals surface area contributed by atoms with Gasteiger partial charge in [0.15, 0.2) is 0 Å². The van der Waals surface area contributed by atoms with Crippen LogP contribution in [0.25, 0.3) is 0 Å². The van der Waals surface area contributed by atoms with Crippen LogP contribution in [0.3, 0.4) is 0 Å². The van der Waals surface area contributed by atoms with Crippen molar-refractivity contribution in [3.8, 4) is 0 Å². The predicted molar refractivity (Wildman–Crippen MR) is 62.6 cm³/mol. The highest BCUT2D eigenvalue weighted by Gasteiger charge is 2.28. The Morgan fingerprint density at radius 2 is 1.94 bits per heavy atom. The van der Waals surface area contributed by atoms with E-state index in [1.807, 2.05) is 4.90 Å². The van der Waals surface area contributed by atoms with Crippen LogP contribution in [0.2, 0.25) is 0 Å². The van der Waals surface area contributed by atoms with Gasteiger partial charge < -0.3 is 10.6 Å². The molecule has 0 bridgehead atoms. The normalized spacial score (nSPS) is 17.2. The van der Waals surface area contributed by atoms with E-state index in [9.17, 15) is 8.42 Å². The molecule has 6 heteroatoms. The molecule has 0 saturated carbocycles. The molecule has 1 aliphatic rings. The number of hydrogen-bond acceptors (Lipinski definition) is 4. The molecule has 1 saturated heterocycles. The first-order chi connectivity index (χ1) is 7.52. The van der Waals surface area contributed by atoms with Gasteiger partial charge in [0, 0.05) is 19.0 Å². The zero-order chi connectivity index (χ0) is 11.8. The molecule has 1 heterocycles. The number of nitrogens with two attached hydrogens (primary N) is 2. The summed E-state index contributed by atoms with van der Waals surface area (Å²) < 4.78 is 22.8. The molecule has 0 unspecified atom stereocenters. The number of nitrogens with zero attached hydrogens (tertiary/aromatic N) is 1. The zero-order valence-electron chi connectivity index (χ0n) is 8.83. The Bertz CT molecular complexity index is 481. The SMILES string of the molecule is NCC1CN(c2ccccc2S(N)(=O)=O)C1. The van der Waals surface area contributed by atoms with Crippen LogP contribution >= 0.6 is 0 Å². The third-order valence-electron chi connectivity index (χ3n) is 2.80. The van der Waals surface area contributed by atoms with Crippen LogP contribution in [0, 0.1) is 5.92 Å². The summed E-state index contributed by atoms with van der Waals surface area (Å²) >= 11 is 0. The number of sulfonamides is 1. The Hall–Kier alpha value is -1.11. The van der Waals surface area contributed by atoms with Gasteiger partial charge in [0.2, 0.25) is 10.0 Å². The summed E-state index contributed by atoms with van der Waals surface area (Å²) in [6.07, 6.45) is 0. The summed E-state index contributed by atoms with van der Waals surface area (Å²) in [7, 11) is -3.65. The Morgan fingerprint density at radius 1 is 1.31 bits per heavy atom. The Labute approximate surface area is 95.1 Å². The minimum Gasteiger partial charge on any atom is -0.370 e. The molecule has 0 atom stereocenters. The first kappa shape index (κ1) is 11.4. The number of para-hydroxylation sites is 1. The second-order valence-corrected chi connectivity index (χ2v) is 5.55. The van der Waals surface area contributed by atoms with Crippen molar-refractivity contribution in [2.75, 3.05) is 24.5 Å². The molecule has 0 aliphatic carbocycles. The molecular weight excluding hydrogens is 226 g/mol. The monoisotopic (exact) mass is 241 g/mol. The lowest BCUT2D eigenvalue weighted by atomic mass is 10.00. The van der Waals surface area contributed by atoms with Crippen molar-refractivity contribution in [2.24, 2.45) is 16.8 Å². The van der Waals surface area contributed by atoms with Gasteiger partial charge >= 0.3 is 0 Å². The third-order valence-corrected chi connectivity index (χ3v) is 3.76. The molecule has 4 N–H and O–H groups in total. The van der Waals surface area contributed by atoms with Crippen molar-refractivity contribution in [1.29, 1.82) is 0 Å². The summed E-state index contributed by atoms with van der Waals surface area (Å²) in [5.74, 6) is 0.452. The van der Waals surface area contributed by atoms with Gasteiger partial charge in [-0.25, -0.2) is 13.6 Å². The summed E-state index contributed by atoms with van der Waals surface area (Å²) in [6.45, 7) is 2.22. The second-order valence-electron chi connectivity index (χ2n) is 4.02. The minimum absolute atomic E-state index is 0.186. The maximum Gasteiger partial charge on any atom is 0.240 e. The second kappa shape index (κ2) is 4.04. The Kier molecular flexibility index (Phi) is 2.88. The summed E-state index contributed by atoms with van der Waals surface area (Å²) in [4.78, 5) is 2.17. The van der Waals surface area contributed by atoms with Gasteiger partial charge in [-0.15, -0.1) is 0 Å². The van der Waals surface area contributed by atoms with Crippen molar-refractivity contribution in [1.82, 2.24) is 0 Å². The van der Waals surface area contributed by atoms with Gasteiger partial charge in [0.05, 0.1) is 5.69 Å². The topological polar surface area (TPSA) is 89.4 Å². The van der Waals surface area contributed by atoms with Gasteiger partial charge in [-0.2, -0.15) is 0 Å². The van der Waals surface area contributed by atoms with Crippen molar-refractivity contribution < 1.29 is 8.42 Å². The third kappa shape index (κ3) is 2.04. The van der Waals surface area contributed by atoms with E-state index in [1.54, 1.807) is 18.2 Å². The van der Waals surface area contributed by atoms with Crippen molar-refractivity contribution >= 4 is 15.7 Å². The van der Waals surface area contributed by atoms with Crippen LogP contribution in [0.15, 0.2) is 29.2 Å². The number of benzene rings is 1. The predicted octanol–water partition coefficient (Wildman–Crippen LogP) is -0.271. The van der Waals surface area contributed by atoms with E-state index in [1.165, 1.54) is 6.07 Å². The molecule has 1 aromatic carbocycles. The van der Waals surface area contributed by atoms with E-state index in [0.29, 0.717) is 18.2 Å². The minimum atomic E-state index is -3.65. The van der Waals surface area contributed by atoms with Crippen molar-refractivity contribution in [2.45, 2.75) is 4.90 Å². The lowest BCUT2D eigenvalue weighted by Crippen LogP contribution is -2.50. The molecule has 0 radical (unpaired) electrons. The average Bonchev–Trinajstić information content (AvgIpc) is 2.15. The van der Waals surface area contributed by atoms with Gasteiger partial charge in [0.25, 0.3) is 0 Å². The Balaban J connectivity index is 2.29. The van der Waals surface area contributed by atoms with E-state index in [4.69, 9.17) is 10.9 Å². The molecule has 2 rings (SSSR count). The van der Waals surface area contributed by atoms with Crippen LogP contribution < -0.4 is 15.8 Å². The van der Waals surface area contributed by atoms with E-state index in [0.717, 1.165) is 13.1 Å². The number of hydrogen-bond donors (Lipinski definition) is 2. The first-order valence-corrected chi connectivity index (χ1v) is 6.64. The highest BCUT2D eigenvalue weighted by Crippen LogP contribution is 2.29. The van der Waals surface area contributed by atoms with Crippen molar-refractivity contribution in [3.63, 3.8) is 0 Å². The molecule has 88 valence electrons. The van der Waals surface area contributed by atoms with Gasteiger partial charge in [-0.05, 0) is 18.7 Å². The van der Waals surface area contributed by atoms with Crippen LogP contribution in [-0.2, 0) is 10.0 Å². The lowest BCUT2D eigenvalue weighted by molar-refractivity contribution is 0.418. The molecule has 1 aromatic rings. The van der Waals surface area contributed by atoms with Gasteiger partial charge in [0.1, 0.15) is 4.90 Å². The highest BCUT2D eigenvalue weighted by atomic mass is 32.2. The van der Waals surface area contributed by atoms with E-state index < -0.39 is 10.0 Å². The van der Waals surface area contributed by atoms with Gasteiger partial charge in [-0.3, -0.25) is 0 Å². The quantitative estimate of drug-likeness (QED) is 0.762. The average molecular weight is 241 g/mol. The number of anilines is 1. The maximum atomic E-state index is 11.4. The van der Waals surface area contributed by atoms with E-state index in [2.05, 4.69) is 0 Å².